The monoisotopic (exact) mass is 416 g/mol. The van der Waals surface area contributed by atoms with Gasteiger partial charge in [0.15, 0.2) is 6.61 Å². The first kappa shape index (κ1) is 20.2. The van der Waals surface area contributed by atoms with Crippen molar-refractivity contribution in [1.29, 1.82) is 0 Å². The van der Waals surface area contributed by atoms with Crippen LogP contribution < -0.4 is 10.0 Å². The van der Waals surface area contributed by atoms with Crippen LogP contribution in [0.3, 0.4) is 0 Å². The lowest BCUT2D eigenvalue weighted by Crippen LogP contribution is -2.21. The van der Waals surface area contributed by atoms with Crippen LogP contribution in [0.2, 0.25) is 10.0 Å². The van der Waals surface area contributed by atoms with Gasteiger partial charge in [0, 0.05) is 5.69 Å². The predicted molar refractivity (Wildman–Crippen MR) is 98.1 cm³/mol. The van der Waals surface area contributed by atoms with E-state index < -0.39 is 28.5 Å². The third-order valence-electron chi connectivity index (χ3n) is 3.19. The van der Waals surface area contributed by atoms with Gasteiger partial charge in [0.05, 0.1) is 20.5 Å². The molecule has 0 saturated carbocycles. The van der Waals surface area contributed by atoms with Crippen molar-refractivity contribution in [2.24, 2.45) is 0 Å². The highest BCUT2D eigenvalue weighted by molar-refractivity contribution is 7.89. The fraction of sp³-hybridized carbons (Fsp3) is 0.125. The van der Waals surface area contributed by atoms with E-state index in [1.54, 1.807) is 6.07 Å². The molecule has 2 N–H and O–H groups in total. The van der Waals surface area contributed by atoms with Crippen LogP contribution >= 0.6 is 23.2 Å². The lowest BCUT2D eigenvalue weighted by atomic mass is 10.2. The molecule has 2 aromatic rings. The lowest BCUT2D eigenvalue weighted by Gasteiger charge is -2.08. The molecular weight excluding hydrogens is 403 g/mol. The van der Waals surface area contributed by atoms with Crippen molar-refractivity contribution in [1.82, 2.24) is 4.72 Å². The first-order valence-corrected chi connectivity index (χ1v) is 9.42. The highest BCUT2D eigenvalue weighted by Gasteiger charge is 2.16. The molecule has 0 spiro atoms. The largest absolute Gasteiger partial charge is 0.452 e. The molecular formula is C16H14Cl2N2O5S. The second-order valence-corrected chi connectivity index (χ2v) is 7.69. The number of amides is 1. The van der Waals surface area contributed by atoms with Crippen LogP contribution in [0.4, 0.5) is 5.69 Å². The zero-order chi connectivity index (χ0) is 19.3. The Morgan fingerprint density at radius 3 is 2.46 bits per heavy atom. The summed E-state index contributed by atoms with van der Waals surface area (Å²) in [5.41, 5.74) is 0.395. The Kier molecular flexibility index (Phi) is 6.60. The molecule has 0 aliphatic rings. The van der Waals surface area contributed by atoms with Gasteiger partial charge in [-0.1, -0.05) is 29.3 Å². The van der Waals surface area contributed by atoms with Gasteiger partial charge in [0.2, 0.25) is 10.0 Å². The molecule has 2 aromatic carbocycles. The molecule has 0 atom stereocenters. The van der Waals surface area contributed by atoms with Gasteiger partial charge in [-0.05, 0) is 43.4 Å². The molecule has 1 amide bonds. The molecule has 0 saturated heterocycles. The maximum Gasteiger partial charge on any atom is 0.338 e. The number of sulfonamides is 1. The number of carbonyl (C=O) groups is 2. The van der Waals surface area contributed by atoms with E-state index in [0.29, 0.717) is 10.7 Å². The van der Waals surface area contributed by atoms with Crippen molar-refractivity contribution in [3.05, 3.63) is 58.1 Å². The summed E-state index contributed by atoms with van der Waals surface area (Å²) >= 11 is 11.6. The van der Waals surface area contributed by atoms with Crippen LogP contribution in [0.25, 0.3) is 0 Å². The first-order chi connectivity index (χ1) is 12.2. The Morgan fingerprint density at radius 1 is 1.08 bits per heavy atom. The van der Waals surface area contributed by atoms with Crippen LogP contribution in [0.5, 0.6) is 0 Å². The van der Waals surface area contributed by atoms with Crippen molar-refractivity contribution in [2.75, 3.05) is 19.0 Å². The number of hydrogen-bond donors (Lipinski definition) is 2. The minimum Gasteiger partial charge on any atom is -0.452 e. The summed E-state index contributed by atoms with van der Waals surface area (Å²) in [4.78, 5) is 23.8. The van der Waals surface area contributed by atoms with Gasteiger partial charge in [-0.2, -0.15) is 0 Å². The van der Waals surface area contributed by atoms with E-state index in [1.807, 2.05) is 0 Å². The molecule has 0 fully saturated rings. The Hall–Kier alpha value is -2.13. The summed E-state index contributed by atoms with van der Waals surface area (Å²) in [5.74, 6) is -1.42. The Labute approximate surface area is 160 Å². The van der Waals surface area contributed by atoms with E-state index in [1.165, 1.54) is 37.4 Å². The molecule has 26 heavy (non-hydrogen) atoms. The number of esters is 1. The van der Waals surface area contributed by atoms with Gasteiger partial charge in [0.1, 0.15) is 0 Å². The zero-order valence-electron chi connectivity index (χ0n) is 13.5. The summed E-state index contributed by atoms with van der Waals surface area (Å²) in [5, 5.41) is 3.10. The summed E-state index contributed by atoms with van der Waals surface area (Å²) in [6, 6.07) is 9.78. The standard InChI is InChI=1S/C16H14Cl2N2O5S/c1-19-26(23,24)12-4-2-3-10(7-12)16(22)25-9-15(21)20-11-5-6-13(17)14(18)8-11/h2-8,19H,9H2,1H3,(H,20,21). The van der Waals surface area contributed by atoms with Crippen molar-refractivity contribution >= 4 is 50.8 Å². The minimum atomic E-state index is -3.69. The molecule has 0 heterocycles. The van der Waals surface area contributed by atoms with E-state index in [-0.39, 0.29) is 15.5 Å². The van der Waals surface area contributed by atoms with Crippen molar-refractivity contribution in [2.45, 2.75) is 4.90 Å². The summed E-state index contributed by atoms with van der Waals surface area (Å²) < 4.78 is 30.5. The zero-order valence-corrected chi connectivity index (χ0v) is 15.8. The summed E-state index contributed by atoms with van der Waals surface area (Å²) in [6.07, 6.45) is 0. The van der Waals surface area contributed by atoms with E-state index in [4.69, 9.17) is 27.9 Å². The minimum absolute atomic E-state index is 0.00339. The second kappa shape index (κ2) is 8.50. The number of benzene rings is 2. The van der Waals surface area contributed by atoms with Gasteiger partial charge >= 0.3 is 5.97 Å². The fourth-order valence-electron chi connectivity index (χ4n) is 1.89. The molecule has 0 aliphatic carbocycles. The second-order valence-electron chi connectivity index (χ2n) is 4.99. The van der Waals surface area contributed by atoms with E-state index >= 15 is 0 Å². The molecule has 0 unspecified atom stereocenters. The van der Waals surface area contributed by atoms with Gasteiger partial charge in [-0.15, -0.1) is 0 Å². The van der Waals surface area contributed by atoms with Crippen molar-refractivity contribution in [3.63, 3.8) is 0 Å². The fourth-order valence-corrected chi connectivity index (χ4v) is 2.97. The molecule has 2 rings (SSSR count). The average Bonchev–Trinajstić information content (AvgIpc) is 2.63. The smallest absolute Gasteiger partial charge is 0.338 e. The highest BCUT2D eigenvalue weighted by atomic mass is 35.5. The van der Waals surface area contributed by atoms with E-state index in [0.717, 1.165) is 6.07 Å². The number of hydrogen-bond acceptors (Lipinski definition) is 5. The van der Waals surface area contributed by atoms with Crippen molar-refractivity contribution in [3.8, 4) is 0 Å². The molecule has 7 nitrogen and oxygen atoms in total. The van der Waals surface area contributed by atoms with Crippen LogP contribution in [-0.2, 0) is 19.6 Å². The lowest BCUT2D eigenvalue weighted by molar-refractivity contribution is -0.119. The Balaban J connectivity index is 1.99. The summed E-state index contributed by atoms with van der Waals surface area (Å²) in [7, 11) is -2.44. The Morgan fingerprint density at radius 2 is 1.81 bits per heavy atom. The maximum atomic E-state index is 12.0. The number of nitrogens with one attached hydrogen (secondary N) is 2. The molecule has 10 heteroatoms. The van der Waals surface area contributed by atoms with Crippen LogP contribution in [0, 0.1) is 0 Å². The normalized spacial score (nSPS) is 11.0. The van der Waals surface area contributed by atoms with Crippen LogP contribution in [0.15, 0.2) is 47.4 Å². The molecule has 0 radical (unpaired) electrons. The van der Waals surface area contributed by atoms with Gasteiger partial charge in [-0.3, -0.25) is 4.79 Å². The van der Waals surface area contributed by atoms with Crippen molar-refractivity contribution < 1.29 is 22.7 Å². The number of halogens is 2. The van der Waals surface area contributed by atoms with Gasteiger partial charge in [0.25, 0.3) is 5.91 Å². The molecule has 0 aromatic heterocycles. The van der Waals surface area contributed by atoms with Gasteiger partial charge < -0.3 is 10.1 Å². The molecule has 0 aliphatic heterocycles. The third-order valence-corrected chi connectivity index (χ3v) is 5.34. The summed E-state index contributed by atoms with van der Waals surface area (Å²) in [6.45, 7) is -0.553. The third kappa shape index (κ3) is 5.18. The predicted octanol–water partition coefficient (Wildman–Crippen LogP) is 2.70. The number of carbonyl (C=O) groups excluding carboxylic acids is 2. The van der Waals surface area contributed by atoms with Gasteiger partial charge in [-0.25, -0.2) is 17.9 Å². The topological polar surface area (TPSA) is 102 Å². The maximum absolute atomic E-state index is 12.0. The van der Waals surface area contributed by atoms with Crippen LogP contribution in [-0.4, -0.2) is 33.9 Å². The van der Waals surface area contributed by atoms with E-state index in [9.17, 15) is 18.0 Å². The SMILES string of the molecule is CNS(=O)(=O)c1cccc(C(=O)OCC(=O)Nc2ccc(Cl)c(Cl)c2)c1. The number of anilines is 1. The average molecular weight is 417 g/mol. The van der Waals surface area contributed by atoms with Crippen LogP contribution in [0.1, 0.15) is 10.4 Å². The highest BCUT2D eigenvalue weighted by Crippen LogP contribution is 2.24. The number of ether oxygens (including phenoxy) is 1. The quantitative estimate of drug-likeness (QED) is 0.704. The Bertz CT molecular complexity index is 947. The first-order valence-electron chi connectivity index (χ1n) is 7.18. The molecule has 138 valence electrons. The van der Waals surface area contributed by atoms with E-state index in [2.05, 4.69) is 10.0 Å². The molecule has 0 bridgehead atoms. The number of rotatable bonds is 6.